The Morgan fingerprint density at radius 1 is 1.53 bits per heavy atom. The van der Waals surface area contributed by atoms with Gasteiger partial charge in [0.25, 0.3) is 0 Å². The molecule has 6 heteroatoms. The van der Waals surface area contributed by atoms with Crippen molar-refractivity contribution in [1.29, 1.82) is 0 Å². The number of rotatable bonds is 3. The first-order valence-electron chi connectivity index (χ1n) is 4.89. The second-order valence-electron chi connectivity index (χ2n) is 3.95. The van der Waals surface area contributed by atoms with Gasteiger partial charge in [-0.05, 0) is 34.8 Å². The van der Waals surface area contributed by atoms with Crippen LogP contribution < -0.4 is 4.74 Å². The van der Waals surface area contributed by atoms with Gasteiger partial charge in [0.05, 0.1) is 22.6 Å². The van der Waals surface area contributed by atoms with E-state index in [2.05, 4.69) is 15.9 Å². The quantitative estimate of drug-likeness (QED) is 0.874. The van der Waals surface area contributed by atoms with Crippen LogP contribution in [-0.2, 0) is 10.2 Å². The van der Waals surface area contributed by atoms with Crippen molar-refractivity contribution < 1.29 is 23.4 Å². The van der Waals surface area contributed by atoms with E-state index < -0.39 is 23.0 Å². The Hall–Kier alpha value is -1.17. The number of benzene rings is 1. The molecule has 0 aliphatic heterocycles. The highest BCUT2D eigenvalue weighted by molar-refractivity contribution is 9.10. The minimum absolute atomic E-state index is 0.0988. The summed E-state index contributed by atoms with van der Waals surface area (Å²) in [5.74, 6) is -3.04. The standard InChI is InChI=1S/C11H9BrF2O3/c1-17-9-6(13)4-5(12)8(14)7(9)11(2-3-11)10(15)16/h4H,2-3H2,1H3,(H,15,16). The van der Waals surface area contributed by atoms with E-state index in [0.29, 0.717) is 0 Å². The molecule has 2 rings (SSSR count). The van der Waals surface area contributed by atoms with Crippen molar-refractivity contribution in [2.45, 2.75) is 18.3 Å². The van der Waals surface area contributed by atoms with Crippen molar-refractivity contribution in [2.24, 2.45) is 0 Å². The molecule has 1 fully saturated rings. The summed E-state index contributed by atoms with van der Waals surface area (Å²) in [6, 6.07) is 0.926. The molecular formula is C11H9BrF2O3. The van der Waals surface area contributed by atoms with Crippen LogP contribution in [0.15, 0.2) is 10.5 Å². The van der Waals surface area contributed by atoms with Gasteiger partial charge in [-0.2, -0.15) is 0 Å². The molecule has 1 aliphatic rings. The van der Waals surface area contributed by atoms with Crippen molar-refractivity contribution in [3.63, 3.8) is 0 Å². The maximum atomic E-state index is 14.0. The Labute approximate surface area is 105 Å². The van der Waals surface area contributed by atoms with Gasteiger partial charge in [-0.25, -0.2) is 8.78 Å². The van der Waals surface area contributed by atoms with Crippen LogP contribution in [0.5, 0.6) is 5.75 Å². The molecule has 0 heterocycles. The highest BCUT2D eigenvalue weighted by Gasteiger charge is 2.55. The molecule has 17 heavy (non-hydrogen) atoms. The van der Waals surface area contributed by atoms with Gasteiger partial charge in [0.1, 0.15) is 5.82 Å². The SMILES string of the molecule is COc1c(F)cc(Br)c(F)c1C1(C(=O)O)CC1. The number of carboxylic acid groups (broad SMARTS) is 1. The molecule has 0 spiro atoms. The van der Waals surface area contributed by atoms with Gasteiger partial charge < -0.3 is 9.84 Å². The van der Waals surface area contributed by atoms with Gasteiger partial charge in [-0.15, -0.1) is 0 Å². The maximum absolute atomic E-state index is 14.0. The summed E-state index contributed by atoms with van der Waals surface area (Å²) in [7, 11) is 1.19. The lowest BCUT2D eigenvalue weighted by atomic mass is 9.94. The van der Waals surface area contributed by atoms with Crippen molar-refractivity contribution in [3.05, 3.63) is 27.7 Å². The van der Waals surface area contributed by atoms with Gasteiger partial charge in [0.2, 0.25) is 0 Å². The smallest absolute Gasteiger partial charge is 0.314 e. The van der Waals surface area contributed by atoms with E-state index >= 15 is 0 Å². The molecule has 3 nitrogen and oxygen atoms in total. The Kier molecular flexibility index (Phi) is 2.85. The van der Waals surface area contributed by atoms with Crippen LogP contribution in [0.25, 0.3) is 0 Å². The number of carboxylic acids is 1. The van der Waals surface area contributed by atoms with Crippen LogP contribution in [0, 0.1) is 11.6 Å². The molecule has 0 aromatic heterocycles. The molecule has 0 bridgehead atoms. The van der Waals surface area contributed by atoms with Crippen molar-refractivity contribution >= 4 is 21.9 Å². The van der Waals surface area contributed by atoms with Crippen molar-refractivity contribution in [2.75, 3.05) is 7.11 Å². The normalized spacial score (nSPS) is 16.7. The average Bonchev–Trinajstić information content (AvgIpc) is 3.04. The zero-order chi connectivity index (χ0) is 12.8. The minimum atomic E-state index is -1.35. The predicted molar refractivity (Wildman–Crippen MR) is 59.2 cm³/mol. The van der Waals surface area contributed by atoms with E-state index in [4.69, 9.17) is 9.84 Å². The molecule has 0 saturated heterocycles. The lowest BCUT2D eigenvalue weighted by Gasteiger charge is -2.17. The summed E-state index contributed by atoms with van der Waals surface area (Å²) in [5, 5.41) is 9.12. The third-order valence-electron chi connectivity index (χ3n) is 2.97. The highest BCUT2D eigenvalue weighted by atomic mass is 79.9. The summed E-state index contributed by atoms with van der Waals surface area (Å²) in [6.45, 7) is 0. The first-order valence-corrected chi connectivity index (χ1v) is 5.68. The summed E-state index contributed by atoms with van der Waals surface area (Å²) >= 11 is 2.87. The molecule has 0 radical (unpaired) electrons. The number of carbonyl (C=O) groups is 1. The van der Waals surface area contributed by atoms with E-state index in [-0.39, 0.29) is 28.6 Å². The van der Waals surface area contributed by atoms with E-state index in [1.54, 1.807) is 0 Å². The summed E-state index contributed by atoms with van der Waals surface area (Å²) < 4.78 is 32.3. The average molecular weight is 307 g/mol. The van der Waals surface area contributed by atoms with Gasteiger partial charge in [-0.3, -0.25) is 4.79 Å². The molecule has 1 aliphatic carbocycles. The van der Waals surface area contributed by atoms with Gasteiger partial charge in [0, 0.05) is 0 Å². The van der Waals surface area contributed by atoms with E-state index in [9.17, 15) is 13.6 Å². The van der Waals surface area contributed by atoms with Gasteiger partial charge in [-0.1, -0.05) is 0 Å². The zero-order valence-corrected chi connectivity index (χ0v) is 10.5. The Morgan fingerprint density at radius 2 is 2.12 bits per heavy atom. The lowest BCUT2D eigenvalue weighted by molar-refractivity contribution is -0.140. The summed E-state index contributed by atoms with van der Waals surface area (Å²) in [6.07, 6.45) is 0.566. The number of ether oxygens (including phenoxy) is 1. The topological polar surface area (TPSA) is 46.5 Å². The Morgan fingerprint density at radius 3 is 2.53 bits per heavy atom. The van der Waals surface area contributed by atoms with E-state index in [0.717, 1.165) is 6.07 Å². The molecule has 0 amide bonds. The molecule has 0 atom stereocenters. The van der Waals surface area contributed by atoms with Crippen LogP contribution in [0.3, 0.4) is 0 Å². The zero-order valence-electron chi connectivity index (χ0n) is 8.89. The predicted octanol–water partition coefficient (Wildman–Crippen LogP) is 2.85. The summed E-state index contributed by atoms with van der Waals surface area (Å²) in [5.41, 5.74) is -1.56. The minimum Gasteiger partial charge on any atom is -0.493 e. The van der Waals surface area contributed by atoms with Crippen molar-refractivity contribution in [3.8, 4) is 5.75 Å². The first-order chi connectivity index (χ1) is 7.94. The van der Waals surface area contributed by atoms with Crippen LogP contribution in [-0.4, -0.2) is 18.2 Å². The van der Waals surface area contributed by atoms with Crippen molar-refractivity contribution in [1.82, 2.24) is 0 Å². The van der Waals surface area contributed by atoms with E-state index in [1.165, 1.54) is 7.11 Å². The molecule has 92 valence electrons. The molecule has 1 aromatic rings. The number of halogens is 3. The van der Waals surface area contributed by atoms with Crippen LogP contribution in [0.1, 0.15) is 18.4 Å². The Balaban J connectivity index is 2.71. The fourth-order valence-corrected chi connectivity index (χ4v) is 2.30. The van der Waals surface area contributed by atoms with Gasteiger partial charge in [0.15, 0.2) is 11.6 Å². The number of methoxy groups -OCH3 is 1. The highest BCUT2D eigenvalue weighted by Crippen LogP contribution is 2.53. The number of hydrogen-bond acceptors (Lipinski definition) is 2. The van der Waals surface area contributed by atoms with Crippen LogP contribution in [0.2, 0.25) is 0 Å². The molecule has 0 unspecified atom stereocenters. The first kappa shape index (κ1) is 12.3. The van der Waals surface area contributed by atoms with Gasteiger partial charge >= 0.3 is 5.97 Å². The van der Waals surface area contributed by atoms with E-state index in [1.807, 2.05) is 0 Å². The molecule has 1 N–H and O–H groups in total. The van der Waals surface area contributed by atoms with Crippen LogP contribution in [0.4, 0.5) is 8.78 Å². The second kappa shape index (κ2) is 3.94. The monoisotopic (exact) mass is 306 g/mol. The number of aliphatic carboxylic acids is 1. The fraction of sp³-hybridized carbons (Fsp3) is 0.364. The largest absolute Gasteiger partial charge is 0.493 e. The molecule has 1 saturated carbocycles. The third kappa shape index (κ3) is 1.71. The number of hydrogen-bond donors (Lipinski definition) is 1. The molecular weight excluding hydrogens is 298 g/mol. The third-order valence-corrected chi connectivity index (χ3v) is 3.55. The van der Waals surface area contributed by atoms with Crippen LogP contribution >= 0.6 is 15.9 Å². The fourth-order valence-electron chi connectivity index (χ4n) is 1.90. The lowest BCUT2D eigenvalue weighted by Crippen LogP contribution is -2.22. The molecule has 1 aromatic carbocycles. The second-order valence-corrected chi connectivity index (χ2v) is 4.80. The Bertz CT molecular complexity index is 498. The summed E-state index contributed by atoms with van der Waals surface area (Å²) in [4.78, 5) is 11.2. The maximum Gasteiger partial charge on any atom is 0.314 e.